The molecule has 0 unspecified atom stereocenters. The summed E-state index contributed by atoms with van der Waals surface area (Å²) in [6.07, 6.45) is 3.44. The van der Waals surface area contributed by atoms with Crippen molar-refractivity contribution >= 4 is 28.7 Å². The standard InChI is InChI=1S/C24H17N5O3/c25-13-18-6-1-2-7-19(18)15-28-16-20(22-10-3-4-11-23(22)28)14-26-27-24(30)17-8-5-9-21(12-17)29(31)32/h1-12,14,16H,15H2,(H,27,30)/b26-14-. The van der Waals surface area contributed by atoms with E-state index in [-0.39, 0.29) is 11.3 Å². The minimum absolute atomic E-state index is 0.145. The van der Waals surface area contributed by atoms with E-state index in [1.54, 1.807) is 6.07 Å². The number of nitro benzene ring substituents is 1. The van der Waals surface area contributed by atoms with Crippen LogP contribution in [0.15, 0.2) is 84.1 Å². The molecule has 8 heteroatoms. The summed E-state index contributed by atoms with van der Waals surface area (Å²) in [5, 5.41) is 25.2. The lowest BCUT2D eigenvalue weighted by atomic mass is 10.1. The fourth-order valence-electron chi connectivity index (χ4n) is 3.45. The maximum Gasteiger partial charge on any atom is 0.271 e. The number of nitriles is 1. The second-order valence-electron chi connectivity index (χ2n) is 7.01. The zero-order valence-electron chi connectivity index (χ0n) is 16.8. The molecule has 1 heterocycles. The molecule has 4 aromatic rings. The molecule has 0 spiro atoms. The molecule has 0 atom stereocenters. The number of para-hydroxylation sites is 1. The van der Waals surface area contributed by atoms with Gasteiger partial charge in [-0.15, -0.1) is 0 Å². The lowest BCUT2D eigenvalue weighted by Crippen LogP contribution is -2.17. The first kappa shape index (κ1) is 20.5. The van der Waals surface area contributed by atoms with E-state index < -0.39 is 10.8 Å². The first-order valence-electron chi connectivity index (χ1n) is 9.70. The minimum Gasteiger partial charge on any atom is -0.342 e. The molecule has 1 aromatic heterocycles. The van der Waals surface area contributed by atoms with Crippen molar-refractivity contribution in [3.05, 3.63) is 111 Å². The first-order valence-corrected chi connectivity index (χ1v) is 9.70. The highest BCUT2D eigenvalue weighted by molar-refractivity contribution is 6.00. The summed E-state index contributed by atoms with van der Waals surface area (Å²) in [6.45, 7) is 0.512. The third-order valence-electron chi connectivity index (χ3n) is 4.99. The Morgan fingerprint density at radius 3 is 2.72 bits per heavy atom. The number of rotatable bonds is 6. The van der Waals surface area contributed by atoms with Gasteiger partial charge in [0.05, 0.1) is 22.8 Å². The summed E-state index contributed by atoms with van der Waals surface area (Å²) in [5.41, 5.74) is 5.66. The fraction of sp³-hybridized carbons (Fsp3) is 0.0417. The van der Waals surface area contributed by atoms with Gasteiger partial charge in [0.15, 0.2) is 0 Å². The number of benzene rings is 3. The Bertz CT molecular complexity index is 1400. The molecule has 0 bridgehead atoms. The van der Waals surface area contributed by atoms with E-state index >= 15 is 0 Å². The smallest absolute Gasteiger partial charge is 0.271 e. The van der Waals surface area contributed by atoms with E-state index in [9.17, 15) is 20.2 Å². The highest BCUT2D eigenvalue weighted by atomic mass is 16.6. The summed E-state index contributed by atoms with van der Waals surface area (Å²) in [4.78, 5) is 22.6. The van der Waals surface area contributed by atoms with Crippen LogP contribution in [0.1, 0.15) is 27.0 Å². The quantitative estimate of drug-likeness (QED) is 0.284. The second-order valence-corrected chi connectivity index (χ2v) is 7.01. The molecule has 4 rings (SSSR count). The van der Waals surface area contributed by atoms with Crippen molar-refractivity contribution in [1.29, 1.82) is 5.26 Å². The van der Waals surface area contributed by atoms with Crippen LogP contribution in [0.4, 0.5) is 5.69 Å². The lowest BCUT2D eigenvalue weighted by molar-refractivity contribution is -0.384. The Morgan fingerprint density at radius 1 is 1.12 bits per heavy atom. The van der Waals surface area contributed by atoms with E-state index in [0.29, 0.717) is 12.1 Å². The number of fused-ring (bicyclic) bond motifs is 1. The van der Waals surface area contributed by atoms with Gasteiger partial charge >= 0.3 is 0 Å². The molecule has 0 aliphatic rings. The average Bonchev–Trinajstić information content (AvgIpc) is 3.17. The fourth-order valence-corrected chi connectivity index (χ4v) is 3.45. The summed E-state index contributed by atoms with van der Waals surface area (Å²) < 4.78 is 2.02. The maximum absolute atomic E-state index is 12.3. The summed E-state index contributed by atoms with van der Waals surface area (Å²) in [5.74, 6) is -0.545. The highest BCUT2D eigenvalue weighted by Gasteiger charge is 2.12. The molecule has 1 N–H and O–H groups in total. The van der Waals surface area contributed by atoms with Gasteiger partial charge in [-0.25, -0.2) is 5.43 Å². The Morgan fingerprint density at radius 2 is 1.91 bits per heavy atom. The molecule has 0 aliphatic carbocycles. The van der Waals surface area contributed by atoms with Crippen LogP contribution in [0.2, 0.25) is 0 Å². The van der Waals surface area contributed by atoms with Crippen LogP contribution >= 0.6 is 0 Å². The van der Waals surface area contributed by atoms with Crippen LogP contribution in [0.3, 0.4) is 0 Å². The zero-order chi connectivity index (χ0) is 22.5. The van der Waals surface area contributed by atoms with Crippen molar-refractivity contribution in [2.45, 2.75) is 6.54 Å². The zero-order valence-corrected chi connectivity index (χ0v) is 16.8. The molecule has 0 radical (unpaired) electrons. The van der Waals surface area contributed by atoms with E-state index in [1.807, 2.05) is 53.2 Å². The van der Waals surface area contributed by atoms with E-state index in [1.165, 1.54) is 30.5 Å². The number of nitrogens with one attached hydrogen (secondary N) is 1. The highest BCUT2D eigenvalue weighted by Crippen LogP contribution is 2.22. The van der Waals surface area contributed by atoms with Crippen LogP contribution in [0.25, 0.3) is 10.9 Å². The number of hydrogen-bond acceptors (Lipinski definition) is 5. The molecule has 3 aromatic carbocycles. The third-order valence-corrected chi connectivity index (χ3v) is 4.99. The number of hydrogen-bond donors (Lipinski definition) is 1. The van der Waals surface area contributed by atoms with Crippen LogP contribution in [0.5, 0.6) is 0 Å². The molecule has 1 amide bonds. The van der Waals surface area contributed by atoms with Gasteiger partial charge < -0.3 is 4.57 Å². The van der Waals surface area contributed by atoms with Gasteiger partial charge in [0.25, 0.3) is 11.6 Å². The first-order chi connectivity index (χ1) is 15.6. The van der Waals surface area contributed by atoms with Gasteiger partial charge in [0.2, 0.25) is 0 Å². The van der Waals surface area contributed by atoms with Crippen molar-refractivity contribution in [3.63, 3.8) is 0 Å². The number of hydrazone groups is 1. The van der Waals surface area contributed by atoms with E-state index in [2.05, 4.69) is 16.6 Å². The predicted molar refractivity (Wildman–Crippen MR) is 120 cm³/mol. The molecule has 32 heavy (non-hydrogen) atoms. The predicted octanol–water partition coefficient (Wildman–Crippen LogP) is 4.23. The van der Waals surface area contributed by atoms with Gasteiger partial charge in [-0.05, 0) is 23.8 Å². The number of amides is 1. The Labute approximate surface area is 183 Å². The van der Waals surface area contributed by atoms with Crippen molar-refractivity contribution in [2.75, 3.05) is 0 Å². The monoisotopic (exact) mass is 423 g/mol. The summed E-state index contributed by atoms with van der Waals surface area (Å²) in [7, 11) is 0. The molecule has 8 nitrogen and oxygen atoms in total. The van der Waals surface area contributed by atoms with Crippen molar-refractivity contribution in [3.8, 4) is 6.07 Å². The third kappa shape index (κ3) is 4.22. The molecular formula is C24H17N5O3. The number of carbonyl (C=O) groups is 1. The van der Waals surface area contributed by atoms with Gasteiger partial charge in [0, 0.05) is 46.9 Å². The molecule has 0 saturated carbocycles. The maximum atomic E-state index is 12.3. The largest absolute Gasteiger partial charge is 0.342 e. The molecule has 156 valence electrons. The molecule has 0 aliphatic heterocycles. The number of nitrogens with zero attached hydrogens (tertiary/aromatic N) is 4. The van der Waals surface area contributed by atoms with Gasteiger partial charge in [-0.2, -0.15) is 10.4 Å². The van der Waals surface area contributed by atoms with Crippen LogP contribution in [-0.2, 0) is 6.54 Å². The normalized spacial score (nSPS) is 10.8. The average molecular weight is 423 g/mol. The minimum atomic E-state index is -0.556. The van der Waals surface area contributed by atoms with Crippen LogP contribution < -0.4 is 5.43 Å². The summed E-state index contributed by atoms with van der Waals surface area (Å²) in [6, 6.07) is 22.9. The molecular weight excluding hydrogens is 406 g/mol. The Balaban J connectivity index is 1.58. The van der Waals surface area contributed by atoms with Gasteiger partial charge in [0.1, 0.15) is 0 Å². The topological polar surface area (TPSA) is 113 Å². The summed E-state index contributed by atoms with van der Waals surface area (Å²) >= 11 is 0. The Kier molecular flexibility index (Phi) is 5.72. The van der Waals surface area contributed by atoms with Crippen LogP contribution in [0, 0.1) is 21.4 Å². The van der Waals surface area contributed by atoms with E-state index in [4.69, 9.17) is 0 Å². The van der Waals surface area contributed by atoms with Crippen molar-refractivity contribution in [2.24, 2.45) is 5.10 Å². The van der Waals surface area contributed by atoms with Crippen LogP contribution in [-0.4, -0.2) is 21.6 Å². The molecule has 0 saturated heterocycles. The number of nitro groups is 1. The van der Waals surface area contributed by atoms with Crippen molar-refractivity contribution in [1.82, 2.24) is 9.99 Å². The number of aromatic nitrogens is 1. The SMILES string of the molecule is N#Cc1ccccc1Cn1cc(/C=N\NC(=O)c2cccc([N+](=O)[O-])c2)c2ccccc21. The number of non-ortho nitro benzene ring substituents is 1. The van der Waals surface area contributed by atoms with Gasteiger partial charge in [-0.1, -0.05) is 42.5 Å². The Hall–Kier alpha value is -4.77. The second kappa shape index (κ2) is 8.93. The van der Waals surface area contributed by atoms with E-state index in [0.717, 1.165) is 22.0 Å². The van der Waals surface area contributed by atoms with Crippen molar-refractivity contribution < 1.29 is 9.72 Å². The number of carbonyl (C=O) groups excluding carboxylic acids is 1. The van der Waals surface area contributed by atoms with Gasteiger partial charge in [-0.3, -0.25) is 14.9 Å². The lowest BCUT2D eigenvalue weighted by Gasteiger charge is -2.07. The molecule has 0 fully saturated rings.